The van der Waals surface area contributed by atoms with Gasteiger partial charge in [-0.25, -0.2) is 0 Å². The predicted molar refractivity (Wildman–Crippen MR) is 113 cm³/mol. The number of nitriles is 1. The van der Waals surface area contributed by atoms with E-state index in [1.54, 1.807) is 30.2 Å². The second kappa shape index (κ2) is 6.88. The summed E-state index contributed by atoms with van der Waals surface area (Å²) >= 11 is 1.79. The quantitative estimate of drug-likeness (QED) is 0.349. The van der Waals surface area contributed by atoms with Gasteiger partial charge in [0, 0.05) is 33.4 Å². The van der Waals surface area contributed by atoms with Gasteiger partial charge in [0.25, 0.3) is 0 Å². The number of rotatable bonds is 2. The van der Waals surface area contributed by atoms with Crippen LogP contribution in [0.5, 0.6) is 0 Å². The van der Waals surface area contributed by atoms with E-state index in [9.17, 15) is 5.26 Å². The summed E-state index contributed by atoms with van der Waals surface area (Å²) in [4.78, 5) is 8.96. The first kappa shape index (κ1) is 16.6. The van der Waals surface area contributed by atoms with Crippen LogP contribution in [-0.2, 0) is 0 Å². The van der Waals surface area contributed by atoms with E-state index in [0.717, 1.165) is 28.2 Å². The Morgan fingerprint density at radius 3 is 2.25 bits per heavy atom. The summed E-state index contributed by atoms with van der Waals surface area (Å²) in [6, 6.07) is 29.2. The molecule has 1 aliphatic rings. The lowest BCUT2D eigenvalue weighted by molar-refractivity contribution is 1.17. The maximum Gasteiger partial charge on any atom is 0.0999 e. The number of para-hydroxylation sites is 2. The Morgan fingerprint density at radius 2 is 1.54 bits per heavy atom. The Kier molecular flexibility index (Phi) is 4.08. The fourth-order valence-electron chi connectivity index (χ4n) is 3.52. The van der Waals surface area contributed by atoms with Gasteiger partial charge in [0.15, 0.2) is 0 Å². The maximum absolute atomic E-state index is 9.47. The monoisotopic (exact) mass is 377 g/mol. The molecule has 132 valence electrons. The van der Waals surface area contributed by atoms with E-state index in [2.05, 4.69) is 76.6 Å². The van der Waals surface area contributed by atoms with Crippen molar-refractivity contribution in [2.75, 3.05) is 4.90 Å². The lowest BCUT2D eigenvalue weighted by atomic mass is 10.0. The van der Waals surface area contributed by atoms with Gasteiger partial charge in [-0.05, 0) is 48.0 Å². The molecule has 0 saturated heterocycles. The maximum atomic E-state index is 9.47. The molecule has 1 aromatic heterocycles. The molecule has 0 aliphatic carbocycles. The smallest absolute Gasteiger partial charge is 0.0999 e. The van der Waals surface area contributed by atoms with E-state index >= 15 is 0 Å². The zero-order chi connectivity index (χ0) is 18.9. The normalized spacial score (nSPS) is 12.0. The summed E-state index contributed by atoms with van der Waals surface area (Å²) in [5, 5.41) is 9.47. The topological polar surface area (TPSA) is 39.9 Å². The largest absolute Gasteiger partial charge is 0.308 e. The average molecular weight is 377 g/mol. The zero-order valence-electron chi connectivity index (χ0n) is 14.9. The highest BCUT2D eigenvalue weighted by Crippen LogP contribution is 2.51. The molecule has 0 spiro atoms. The Balaban J connectivity index is 1.70. The van der Waals surface area contributed by atoms with Gasteiger partial charge >= 0.3 is 0 Å². The molecule has 3 nitrogen and oxygen atoms in total. The van der Waals surface area contributed by atoms with Crippen LogP contribution in [0.25, 0.3) is 11.1 Å². The van der Waals surface area contributed by atoms with Gasteiger partial charge in [0.2, 0.25) is 0 Å². The molecule has 2 heterocycles. The summed E-state index contributed by atoms with van der Waals surface area (Å²) < 4.78 is 0. The van der Waals surface area contributed by atoms with E-state index in [1.165, 1.54) is 9.79 Å². The molecule has 28 heavy (non-hydrogen) atoms. The fourth-order valence-corrected chi connectivity index (χ4v) is 4.58. The van der Waals surface area contributed by atoms with E-state index in [1.807, 2.05) is 12.1 Å². The zero-order valence-corrected chi connectivity index (χ0v) is 15.7. The molecule has 0 atom stereocenters. The number of aromatic nitrogens is 1. The minimum absolute atomic E-state index is 0.627. The molecule has 0 amide bonds. The van der Waals surface area contributed by atoms with E-state index in [-0.39, 0.29) is 0 Å². The molecule has 4 aromatic rings. The van der Waals surface area contributed by atoms with Crippen LogP contribution in [0.15, 0.2) is 101 Å². The van der Waals surface area contributed by atoms with E-state index in [4.69, 9.17) is 0 Å². The van der Waals surface area contributed by atoms with Crippen molar-refractivity contribution in [2.24, 2.45) is 0 Å². The molecule has 1 aliphatic heterocycles. The standard InChI is InChI=1S/C24H15N3S/c25-15-18-12-13-26-16-20(18)17-6-5-7-19(14-17)27-21-8-1-3-10-23(21)28-24-11-4-2-9-22(24)27/h1-14,16H. The summed E-state index contributed by atoms with van der Waals surface area (Å²) in [5.74, 6) is 0. The van der Waals surface area contributed by atoms with Crippen LogP contribution in [0, 0.1) is 11.3 Å². The van der Waals surface area contributed by atoms with Crippen molar-refractivity contribution in [1.29, 1.82) is 5.26 Å². The molecule has 0 N–H and O–H groups in total. The number of anilines is 3. The Hall–Kier alpha value is -3.55. The van der Waals surface area contributed by atoms with Gasteiger partial charge in [-0.15, -0.1) is 0 Å². The van der Waals surface area contributed by atoms with Gasteiger partial charge in [0.1, 0.15) is 0 Å². The van der Waals surface area contributed by atoms with Crippen molar-refractivity contribution in [3.8, 4) is 17.2 Å². The number of fused-ring (bicyclic) bond motifs is 2. The molecule has 0 fully saturated rings. The predicted octanol–water partition coefficient (Wildman–Crippen LogP) is 6.55. The van der Waals surface area contributed by atoms with Crippen LogP contribution in [0.1, 0.15) is 5.56 Å². The number of hydrogen-bond acceptors (Lipinski definition) is 4. The van der Waals surface area contributed by atoms with Crippen LogP contribution in [-0.4, -0.2) is 4.98 Å². The van der Waals surface area contributed by atoms with Crippen LogP contribution in [0.4, 0.5) is 17.1 Å². The van der Waals surface area contributed by atoms with Crippen molar-refractivity contribution in [1.82, 2.24) is 4.98 Å². The van der Waals surface area contributed by atoms with Crippen LogP contribution >= 0.6 is 11.8 Å². The third kappa shape index (κ3) is 2.74. The van der Waals surface area contributed by atoms with Crippen LogP contribution in [0.3, 0.4) is 0 Å². The second-order valence-electron chi connectivity index (χ2n) is 6.46. The molecule has 0 unspecified atom stereocenters. The van der Waals surface area contributed by atoms with Crippen molar-refractivity contribution in [3.63, 3.8) is 0 Å². The summed E-state index contributed by atoms with van der Waals surface area (Å²) in [7, 11) is 0. The molecule has 5 rings (SSSR count). The Bertz CT molecular complexity index is 1180. The summed E-state index contributed by atoms with van der Waals surface area (Å²) in [6.45, 7) is 0. The molecule has 4 heteroatoms. The molecular weight excluding hydrogens is 362 g/mol. The van der Waals surface area contributed by atoms with Gasteiger partial charge in [-0.1, -0.05) is 48.2 Å². The van der Waals surface area contributed by atoms with Crippen molar-refractivity contribution < 1.29 is 0 Å². The van der Waals surface area contributed by atoms with Crippen molar-refractivity contribution >= 4 is 28.8 Å². The first-order valence-corrected chi connectivity index (χ1v) is 9.77. The molecule has 0 saturated carbocycles. The highest BCUT2D eigenvalue weighted by molar-refractivity contribution is 7.99. The molecule has 3 aromatic carbocycles. The van der Waals surface area contributed by atoms with E-state index in [0.29, 0.717) is 5.56 Å². The highest BCUT2D eigenvalue weighted by atomic mass is 32.2. The average Bonchev–Trinajstić information content (AvgIpc) is 2.77. The first-order chi connectivity index (χ1) is 13.8. The number of nitrogens with zero attached hydrogens (tertiary/aromatic N) is 3. The minimum Gasteiger partial charge on any atom is -0.308 e. The lowest BCUT2D eigenvalue weighted by Gasteiger charge is -2.33. The van der Waals surface area contributed by atoms with Gasteiger partial charge in [-0.2, -0.15) is 5.26 Å². The minimum atomic E-state index is 0.627. The van der Waals surface area contributed by atoms with Gasteiger partial charge in [-0.3, -0.25) is 4.98 Å². The number of benzene rings is 3. The van der Waals surface area contributed by atoms with Crippen molar-refractivity contribution in [2.45, 2.75) is 9.79 Å². The van der Waals surface area contributed by atoms with Crippen molar-refractivity contribution in [3.05, 3.63) is 96.8 Å². The number of pyridine rings is 1. The highest BCUT2D eigenvalue weighted by Gasteiger charge is 2.24. The molecule has 0 bridgehead atoms. The lowest BCUT2D eigenvalue weighted by Crippen LogP contribution is -2.14. The van der Waals surface area contributed by atoms with Crippen LogP contribution in [0.2, 0.25) is 0 Å². The second-order valence-corrected chi connectivity index (χ2v) is 7.54. The third-order valence-electron chi connectivity index (χ3n) is 4.79. The summed E-state index contributed by atoms with van der Waals surface area (Å²) in [6.07, 6.45) is 3.41. The Labute approximate surface area is 167 Å². The van der Waals surface area contributed by atoms with Gasteiger partial charge < -0.3 is 4.90 Å². The SMILES string of the molecule is N#Cc1ccncc1-c1cccc(N2c3ccccc3Sc3ccccc32)c1. The third-order valence-corrected chi connectivity index (χ3v) is 5.92. The Morgan fingerprint density at radius 1 is 0.821 bits per heavy atom. The molecule has 0 radical (unpaired) electrons. The summed E-state index contributed by atoms with van der Waals surface area (Å²) in [5.41, 5.74) is 5.84. The van der Waals surface area contributed by atoms with Gasteiger partial charge in [0.05, 0.1) is 23.0 Å². The van der Waals surface area contributed by atoms with Crippen LogP contribution < -0.4 is 4.90 Å². The molecular formula is C24H15N3S. The fraction of sp³-hybridized carbons (Fsp3) is 0. The number of hydrogen-bond donors (Lipinski definition) is 0. The van der Waals surface area contributed by atoms with E-state index < -0.39 is 0 Å². The first-order valence-electron chi connectivity index (χ1n) is 8.96.